The molecule has 13 heavy (non-hydrogen) atoms. The Kier molecular flexibility index (Phi) is 4.12. The average Bonchev–Trinajstić information content (AvgIpc) is 2.18. The maximum atomic E-state index is 11.6. The molecule has 1 atom stereocenters. The standard InChI is InChI=1S/C10H11BrO2/c1-13-7-9(11)10(12)8-5-3-2-4-6-8/h2-6,9H,7H2,1H3. The number of carbonyl (C=O) groups is 1. The topological polar surface area (TPSA) is 26.3 Å². The molecular weight excluding hydrogens is 232 g/mol. The maximum absolute atomic E-state index is 11.6. The molecule has 0 N–H and O–H groups in total. The van der Waals surface area contributed by atoms with E-state index in [1.54, 1.807) is 19.2 Å². The van der Waals surface area contributed by atoms with Crippen LogP contribution in [0.15, 0.2) is 30.3 Å². The van der Waals surface area contributed by atoms with Crippen LogP contribution in [0.3, 0.4) is 0 Å². The third-order valence-electron chi connectivity index (χ3n) is 1.66. The molecule has 0 aromatic heterocycles. The number of alkyl halides is 1. The molecule has 0 aliphatic heterocycles. The van der Waals surface area contributed by atoms with E-state index in [2.05, 4.69) is 15.9 Å². The highest BCUT2D eigenvalue weighted by Gasteiger charge is 2.15. The van der Waals surface area contributed by atoms with Gasteiger partial charge in [0, 0.05) is 12.7 Å². The number of benzene rings is 1. The fraction of sp³-hybridized carbons (Fsp3) is 0.300. The molecule has 1 aromatic rings. The van der Waals surface area contributed by atoms with Crippen molar-refractivity contribution < 1.29 is 9.53 Å². The van der Waals surface area contributed by atoms with Crippen molar-refractivity contribution in [3.8, 4) is 0 Å². The van der Waals surface area contributed by atoms with Crippen LogP contribution in [0.5, 0.6) is 0 Å². The number of halogens is 1. The van der Waals surface area contributed by atoms with Gasteiger partial charge in [-0.15, -0.1) is 0 Å². The minimum Gasteiger partial charge on any atom is -0.383 e. The zero-order valence-corrected chi connectivity index (χ0v) is 8.95. The number of ketones is 1. The fourth-order valence-corrected chi connectivity index (χ4v) is 1.53. The van der Waals surface area contributed by atoms with Crippen molar-refractivity contribution in [2.24, 2.45) is 0 Å². The summed E-state index contributed by atoms with van der Waals surface area (Å²) in [6.45, 7) is 0.397. The van der Waals surface area contributed by atoms with E-state index in [0.29, 0.717) is 12.2 Å². The largest absolute Gasteiger partial charge is 0.383 e. The Morgan fingerprint density at radius 1 is 1.46 bits per heavy atom. The second kappa shape index (κ2) is 5.14. The Morgan fingerprint density at radius 2 is 2.08 bits per heavy atom. The number of ether oxygens (including phenoxy) is 1. The molecule has 0 saturated heterocycles. The van der Waals surface area contributed by atoms with Gasteiger partial charge in [-0.1, -0.05) is 46.3 Å². The second-order valence-corrected chi connectivity index (χ2v) is 3.76. The van der Waals surface area contributed by atoms with E-state index in [1.165, 1.54) is 0 Å². The first kappa shape index (κ1) is 10.4. The third kappa shape index (κ3) is 2.94. The van der Waals surface area contributed by atoms with Crippen molar-refractivity contribution >= 4 is 21.7 Å². The first-order valence-corrected chi connectivity index (χ1v) is 4.89. The quantitative estimate of drug-likeness (QED) is 0.599. The Balaban J connectivity index is 2.68. The summed E-state index contributed by atoms with van der Waals surface area (Å²) in [5.74, 6) is 0.0578. The van der Waals surface area contributed by atoms with Gasteiger partial charge >= 0.3 is 0 Å². The van der Waals surface area contributed by atoms with Crippen molar-refractivity contribution in [3.05, 3.63) is 35.9 Å². The number of hydrogen-bond donors (Lipinski definition) is 0. The van der Waals surface area contributed by atoms with Gasteiger partial charge in [-0.3, -0.25) is 4.79 Å². The summed E-state index contributed by atoms with van der Waals surface area (Å²) in [7, 11) is 1.58. The van der Waals surface area contributed by atoms with Gasteiger partial charge in [-0.2, -0.15) is 0 Å². The van der Waals surface area contributed by atoms with E-state index < -0.39 is 0 Å². The number of methoxy groups -OCH3 is 1. The highest BCUT2D eigenvalue weighted by atomic mass is 79.9. The van der Waals surface area contributed by atoms with E-state index in [-0.39, 0.29) is 10.6 Å². The van der Waals surface area contributed by atoms with Crippen LogP contribution in [-0.4, -0.2) is 24.3 Å². The first-order chi connectivity index (χ1) is 6.25. The van der Waals surface area contributed by atoms with Crippen LogP contribution in [0.25, 0.3) is 0 Å². The van der Waals surface area contributed by atoms with Crippen molar-refractivity contribution in [1.29, 1.82) is 0 Å². The molecule has 0 spiro atoms. The van der Waals surface area contributed by atoms with Crippen LogP contribution in [-0.2, 0) is 4.74 Å². The Hall–Kier alpha value is -0.670. The minimum atomic E-state index is -0.250. The Morgan fingerprint density at radius 3 is 2.62 bits per heavy atom. The normalized spacial score (nSPS) is 12.5. The summed E-state index contributed by atoms with van der Waals surface area (Å²) < 4.78 is 4.88. The van der Waals surface area contributed by atoms with E-state index in [0.717, 1.165) is 0 Å². The van der Waals surface area contributed by atoms with Gasteiger partial charge in [0.25, 0.3) is 0 Å². The van der Waals surface area contributed by atoms with Gasteiger partial charge in [0.15, 0.2) is 5.78 Å². The Labute approximate surface area is 86.0 Å². The van der Waals surface area contributed by atoms with Gasteiger partial charge in [0.1, 0.15) is 4.83 Å². The summed E-state index contributed by atoms with van der Waals surface area (Å²) in [4.78, 5) is 11.4. The lowest BCUT2D eigenvalue weighted by atomic mass is 10.1. The lowest BCUT2D eigenvalue weighted by Crippen LogP contribution is -2.19. The van der Waals surface area contributed by atoms with E-state index in [9.17, 15) is 4.79 Å². The summed E-state index contributed by atoms with van der Waals surface area (Å²) >= 11 is 3.27. The molecule has 0 radical (unpaired) electrons. The van der Waals surface area contributed by atoms with Gasteiger partial charge < -0.3 is 4.74 Å². The summed E-state index contributed by atoms with van der Waals surface area (Å²) in [6.07, 6.45) is 0. The smallest absolute Gasteiger partial charge is 0.178 e. The molecule has 0 heterocycles. The van der Waals surface area contributed by atoms with Crippen molar-refractivity contribution in [1.82, 2.24) is 0 Å². The summed E-state index contributed by atoms with van der Waals surface area (Å²) in [6, 6.07) is 9.17. The first-order valence-electron chi connectivity index (χ1n) is 3.98. The molecule has 3 heteroatoms. The van der Waals surface area contributed by atoms with Crippen LogP contribution in [0.2, 0.25) is 0 Å². The monoisotopic (exact) mass is 242 g/mol. The predicted molar refractivity (Wildman–Crippen MR) is 55.4 cm³/mol. The number of rotatable bonds is 4. The molecule has 0 aliphatic carbocycles. The third-order valence-corrected chi connectivity index (χ3v) is 2.34. The van der Waals surface area contributed by atoms with Crippen molar-refractivity contribution in [2.75, 3.05) is 13.7 Å². The SMILES string of the molecule is COCC(Br)C(=O)c1ccccc1. The van der Waals surface area contributed by atoms with E-state index >= 15 is 0 Å². The van der Waals surface area contributed by atoms with Crippen LogP contribution >= 0.6 is 15.9 Å². The Bertz CT molecular complexity index is 272. The minimum absolute atomic E-state index is 0.0578. The number of carbonyl (C=O) groups excluding carboxylic acids is 1. The summed E-state index contributed by atoms with van der Waals surface area (Å²) in [5.41, 5.74) is 0.710. The molecule has 0 aliphatic rings. The molecule has 0 bridgehead atoms. The van der Waals surface area contributed by atoms with E-state index in [4.69, 9.17) is 4.74 Å². The molecule has 1 aromatic carbocycles. The second-order valence-electron chi connectivity index (χ2n) is 2.65. The van der Waals surface area contributed by atoms with Crippen LogP contribution < -0.4 is 0 Å². The zero-order valence-electron chi connectivity index (χ0n) is 7.37. The molecule has 1 rings (SSSR count). The van der Waals surface area contributed by atoms with Gasteiger partial charge in [0.2, 0.25) is 0 Å². The summed E-state index contributed by atoms with van der Waals surface area (Å²) in [5, 5.41) is 0. The average molecular weight is 243 g/mol. The van der Waals surface area contributed by atoms with Crippen LogP contribution in [0.4, 0.5) is 0 Å². The molecule has 2 nitrogen and oxygen atoms in total. The lowest BCUT2D eigenvalue weighted by molar-refractivity contribution is 0.0947. The highest BCUT2D eigenvalue weighted by molar-refractivity contribution is 9.10. The van der Waals surface area contributed by atoms with Gasteiger partial charge in [-0.25, -0.2) is 0 Å². The number of Topliss-reactive ketones (excluding diaryl/α,β-unsaturated/α-hetero) is 1. The van der Waals surface area contributed by atoms with Crippen molar-refractivity contribution in [3.63, 3.8) is 0 Å². The molecule has 1 unspecified atom stereocenters. The van der Waals surface area contributed by atoms with E-state index in [1.807, 2.05) is 18.2 Å². The van der Waals surface area contributed by atoms with Gasteiger partial charge in [0.05, 0.1) is 6.61 Å². The van der Waals surface area contributed by atoms with Crippen molar-refractivity contribution in [2.45, 2.75) is 4.83 Å². The molecule has 0 amide bonds. The molecule has 0 saturated carbocycles. The van der Waals surface area contributed by atoms with Crippen LogP contribution in [0, 0.1) is 0 Å². The lowest BCUT2D eigenvalue weighted by Gasteiger charge is -2.06. The maximum Gasteiger partial charge on any atom is 0.178 e. The zero-order chi connectivity index (χ0) is 9.68. The fourth-order valence-electron chi connectivity index (χ4n) is 1.01. The molecule has 0 fully saturated rings. The molecular formula is C10H11BrO2. The highest BCUT2D eigenvalue weighted by Crippen LogP contribution is 2.10. The molecule has 70 valence electrons. The number of hydrogen-bond acceptors (Lipinski definition) is 2. The van der Waals surface area contributed by atoms with Crippen LogP contribution in [0.1, 0.15) is 10.4 Å². The van der Waals surface area contributed by atoms with Gasteiger partial charge in [-0.05, 0) is 0 Å². The predicted octanol–water partition coefficient (Wildman–Crippen LogP) is 2.28.